The van der Waals surface area contributed by atoms with Gasteiger partial charge in [-0.25, -0.2) is 0 Å². The minimum absolute atomic E-state index is 0. The molecule has 0 saturated heterocycles. The van der Waals surface area contributed by atoms with E-state index in [1.165, 1.54) is 103 Å². The molecule has 0 rings (SSSR count). The van der Waals surface area contributed by atoms with E-state index in [4.69, 9.17) is 12.2 Å². The van der Waals surface area contributed by atoms with Gasteiger partial charge in [-0.3, -0.25) is 0 Å². The second kappa shape index (κ2) is 22.8. The summed E-state index contributed by atoms with van der Waals surface area (Å²) in [5.74, 6) is 0. The largest absolute Gasteiger partial charge is 0.358 e. The van der Waals surface area contributed by atoms with Crippen LogP contribution >= 0.6 is 24.8 Å². The number of nitrogens with zero attached hydrogens (tertiary/aromatic N) is 1. The van der Waals surface area contributed by atoms with E-state index in [1.807, 2.05) is 0 Å². The number of hydrogen-bond donors (Lipinski definition) is 1. The first-order chi connectivity index (χ1) is 11.7. The molecule has 4 heteroatoms. The Labute approximate surface area is 180 Å². The monoisotopic (exact) mass is 429 g/mol. The van der Waals surface area contributed by atoms with Crippen molar-refractivity contribution < 1.29 is 17.1 Å². The topological polar surface area (TPSA) is 3.24 Å². The standard InChI is InChI=1S/C21H43NS2.Fe/c1-3-5-7-9-11-13-15-17-19-22(21(23)24)20-18-16-14-12-10-8-6-4-2;/h3-20H2,1-2H3,(H,23,24);. The van der Waals surface area contributed by atoms with Crippen LogP contribution in [0, 0.1) is 0 Å². The van der Waals surface area contributed by atoms with E-state index >= 15 is 0 Å². The van der Waals surface area contributed by atoms with Crippen LogP contribution in [0.2, 0.25) is 0 Å². The molecule has 0 unspecified atom stereocenters. The number of hydrogen-bond acceptors (Lipinski definition) is 1. The van der Waals surface area contributed by atoms with E-state index in [9.17, 15) is 0 Å². The molecule has 0 aliphatic heterocycles. The molecule has 0 fully saturated rings. The van der Waals surface area contributed by atoms with Crippen LogP contribution in [0.4, 0.5) is 0 Å². The minimum atomic E-state index is 0. The fourth-order valence-electron chi connectivity index (χ4n) is 3.18. The second-order valence-corrected chi connectivity index (χ2v) is 8.33. The van der Waals surface area contributed by atoms with Gasteiger partial charge in [0.1, 0.15) is 4.32 Å². The van der Waals surface area contributed by atoms with Gasteiger partial charge in [0.2, 0.25) is 0 Å². The van der Waals surface area contributed by atoms with Crippen LogP contribution in [-0.4, -0.2) is 22.3 Å². The van der Waals surface area contributed by atoms with Crippen molar-refractivity contribution in [1.29, 1.82) is 0 Å². The minimum Gasteiger partial charge on any atom is -0.358 e. The molecule has 0 bridgehead atoms. The molecule has 25 heavy (non-hydrogen) atoms. The first kappa shape index (κ1) is 28.0. The SMILES string of the molecule is CCCCCCCCCCN(CCCCCCCCCC)C(=S)S.[Fe]. The number of thiocarbonyl (C=S) groups is 1. The smallest absolute Gasteiger partial charge is 0.133 e. The zero-order valence-corrected chi connectivity index (χ0v) is 19.7. The maximum Gasteiger partial charge on any atom is 0.133 e. The maximum absolute atomic E-state index is 5.30. The molecule has 0 radical (unpaired) electrons. The van der Waals surface area contributed by atoms with Crippen LogP contribution in [0.5, 0.6) is 0 Å². The zero-order chi connectivity index (χ0) is 17.9. The number of thiol groups is 1. The second-order valence-electron chi connectivity index (χ2n) is 7.22. The fourth-order valence-corrected chi connectivity index (χ4v) is 3.56. The Morgan fingerprint density at radius 3 is 1.16 bits per heavy atom. The third-order valence-electron chi connectivity index (χ3n) is 4.83. The molecule has 1 nitrogen and oxygen atoms in total. The first-order valence-electron chi connectivity index (χ1n) is 10.7. The Hall–Kier alpha value is 0.759. The third-order valence-corrected chi connectivity index (χ3v) is 5.37. The molecule has 0 aromatic rings. The summed E-state index contributed by atoms with van der Waals surface area (Å²) in [6.07, 6.45) is 22.0. The summed E-state index contributed by atoms with van der Waals surface area (Å²) in [5.41, 5.74) is 0. The fraction of sp³-hybridized carbons (Fsp3) is 0.952. The molecule has 152 valence electrons. The van der Waals surface area contributed by atoms with Gasteiger partial charge < -0.3 is 4.90 Å². The Morgan fingerprint density at radius 2 is 0.880 bits per heavy atom. The van der Waals surface area contributed by atoms with Gasteiger partial charge in [0.25, 0.3) is 0 Å². The predicted octanol–water partition coefficient (Wildman–Crippen LogP) is 7.78. The summed E-state index contributed by atoms with van der Waals surface area (Å²) in [6, 6.07) is 0. The predicted molar refractivity (Wildman–Crippen MR) is 118 cm³/mol. The van der Waals surface area contributed by atoms with Gasteiger partial charge in [0.05, 0.1) is 0 Å². The normalized spacial score (nSPS) is 10.5. The number of unbranched alkanes of at least 4 members (excludes halogenated alkanes) is 14. The van der Waals surface area contributed by atoms with Gasteiger partial charge in [-0.15, -0.1) is 12.6 Å². The average Bonchev–Trinajstić information content (AvgIpc) is 2.57. The van der Waals surface area contributed by atoms with Crippen molar-refractivity contribution >= 4 is 29.2 Å². The molecule has 0 aromatic carbocycles. The summed E-state index contributed by atoms with van der Waals surface area (Å²) < 4.78 is 0.792. The quantitative estimate of drug-likeness (QED) is 0.103. The summed E-state index contributed by atoms with van der Waals surface area (Å²) in [4.78, 5) is 2.31. The van der Waals surface area contributed by atoms with Crippen molar-refractivity contribution in [3.8, 4) is 0 Å². The molecule has 0 aliphatic carbocycles. The molecule has 0 aromatic heterocycles. The van der Waals surface area contributed by atoms with Crippen LogP contribution in [0.3, 0.4) is 0 Å². The number of rotatable bonds is 18. The first-order valence-corrected chi connectivity index (χ1v) is 11.6. The molecule has 0 amide bonds. The van der Waals surface area contributed by atoms with Gasteiger partial charge in [-0.1, -0.05) is 116 Å². The van der Waals surface area contributed by atoms with E-state index in [0.29, 0.717) is 0 Å². The Balaban J connectivity index is 0. The molecule has 0 heterocycles. The summed E-state index contributed by atoms with van der Waals surface area (Å²) in [5, 5.41) is 0. The molecule has 0 saturated carbocycles. The van der Waals surface area contributed by atoms with Crippen molar-refractivity contribution in [2.45, 2.75) is 117 Å². The van der Waals surface area contributed by atoms with E-state index < -0.39 is 0 Å². The van der Waals surface area contributed by atoms with Gasteiger partial charge >= 0.3 is 0 Å². The molecule has 0 N–H and O–H groups in total. The summed E-state index contributed by atoms with van der Waals surface area (Å²) >= 11 is 9.72. The average molecular weight is 430 g/mol. The maximum atomic E-state index is 5.30. The van der Waals surface area contributed by atoms with Gasteiger partial charge in [0.15, 0.2) is 0 Å². The van der Waals surface area contributed by atoms with Crippen molar-refractivity contribution in [1.82, 2.24) is 4.90 Å². The Kier molecular flexibility index (Phi) is 25.5. The molecule has 0 aliphatic rings. The van der Waals surface area contributed by atoms with Crippen molar-refractivity contribution in [2.75, 3.05) is 13.1 Å². The molecular weight excluding hydrogens is 386 g/mol. The van der Waals surface area contributed by atoms with Gasteiger partial charge in [-0.05, 0) is 12.8 Å². The van der Waals surface area contributed by atoms with Crippen LogP contribution in [0.25, 0.3) is 0 Å². The van der Waals surface area contributed by atoms with Gasteiger partial charge in [-0.2, -0.15) is 0 Å². The van der Waals surface area contributed by atoms with Crippen molar-refractivity contribution in [2.24, 2.45) is 0 Å². The Morgan fingerprint density at radius 1 is 0.600 bits per heavy atom. The summed E-state index contributed by atoms with van der Waals surface area (Å²) in [7, 11) is 0. The molecule has 0 atom stereocenters. The van der Waals surface area contributed by atoms with E-state index in [-0.39, 0.29) is 17.1 Å². The summed E-state index contributed by atoms with van der Waals surface area (Å²) in [6.45, 7) is 6.77. The van der Waals surface area contributed by atoms with Crippen LogP contribution in [0.15, 0.2) is 0 Å². The Bertz CT molecular complexity index is 255. The third kappa shape index (κ3) is 20.9. The molecular formula is C21H43FeNS2. The zero-order valence-electron chi connectivity index (χ0n) is 16.9. The molecule has 0 spiro atoms. The van der Waals surface area contributed by atoms with Gasteiger partial charge in [0, 0.05) is 30.2 Å². The van der Waals surface area contributed by atoms with E-state index in [0.717, 1.165) is 17.4 Å². The van der Waals surface area contributed by atoms with Crippen LogP contribution < -0.4 is 0 Å². The van der Waals surface area contributed by atoms with Crippen LogP contribution in [0.1, 0.15) is 117 Å². The van der Waals surface area contributed by atoms with Crippen LogP contribution in [-0.2, 0) is 17.1 Å². The van der Waals surface area contributed by atoms with E-state index in [1.54, 1.807) is 0 Å². The van der Waals surface area contributed by atoms with Crippen molar-refractivity contribution in [3.05, 3.63) is 0 Å². The van der Waals surface area contributed by atoms with Crippen molar-refractivity contribution in [3.63, 3.8) is 0 Å². The van der Waals surface area contributed by atoms with E-state index in [2.05, 4.69) is 31.4 Å².